The lowest BCUT2D eigenvalue weighted by molar-refractivity contribution is -0.0933. The summed E-state index contributed by atoms with van der Waals surface area (Å²) in [6, 6.07) is 9.53. The summed E-state index contributed by atoms with van der Waals surface area (Å²) in [6.45, 7) is 7.60. The third-order valence-electron chi connectivity index (χ3n) is 6.16. The van der Waals surface area contributed by atoms with E-state index in [4.69, 9.17) is 4.74 Å². The molecule has 0 unspecified atom stereocenters. The summed E-state index contributed by atoms with van der Waals surface area (Å²) in [7, 11) is 2.27. The lowest BCUT2D eigenvalue weighted by Gasteiger charge is -2.51. The maximum atomic E-state index is 13.5. The number of nitrogens with zero attached hydrogens (tertiary/aromatic N) is 5. The summed E-state index contributed by atoms with van der Waals surface area (Å²) in [4.78, 5) is 9.15. The second kappa shape index (κ2) is 8.18. The smallest absolute Gasteiger partial charge is 0.246 e. The van der Waals surface area contributed by atoms with E-state index in [1.807, 2.05) is 6.07 Å². The van der Waals surface area contributed by atoms with Gasteiger partial charge in [0.1, 0.15) is 25.8 Å². The molecule has 166 valence electrons. The molecule has 2 aliphatic rings. The summed E-state index contributed by atoms with van der Waals surface area (Å²) in [5, 5.41) is 7.52. The zero-order valence-corrected chi connectivity index (χ0v) is 18.2. The van der Waals surface area contributed by atoms with Crippen LogP contribution in [-0.2, 0) is 4.74 Å². The minimum absolute atomic E-state index is 0.181. The van der Waals surface area contributed by atoms with Crippen molar-refractivity contribution in [2.75, 3.05) is 49.6 Å². The van der Waals surface area contributed by atoms with Gasteiger partial charge in [0.25, 0.3) is 0 Å². The Kier molecular flexibility index (Phi) is 5.34. The highest BCUT2D eigenvalue weighted by Crippen LogP contribution is 2.28. The van der Waals surface area contributed by atoms with Gasteiger partial charge in [-0.05, 0) is 42.8 Å². The van der Waals surface area contributed by atoms with Crippen molar-refractivity contribution >= 4 is 25.2 Å². The van der Waals surface area contributed by atoms with Crippen molar-refractivity contribution in [3.8, 4) is 5.69 Å². The fourth-order valence-electron chi connectivity index (χ4n) is 4.35. The van der Waals surface area contributed by atoms with E-state index in [2.05, 4.69) is 52.1 Å². The van der Waals surface area contributed by atoms with Crippen molar-refractivity contribution in [2.24, 2.45) is 0 Å². The first kappa shape index (κ1) is 20.9. The molecule has 0 saturated carbocycles. The molecule has 7 nitrogen and oxygen atoms in total. The van der Waals surface area contributed by atoms with Crippen LogP contribution in [0.1, 0.15) is 5.56 Å². The molecule has 32 heavy (non-hydrogen) atoms. The highest BCUT2D eigenvalue weighted by molar-refractivity contribution is 6.16. The van der Waals surface area contributed by atoms with Gasteiger partial charge in [0.15, 0.2) is 0 Å². The summed E-state index contributed by atoms with van der Waals surface area (Å²) < 4.78 is 33.8. The van der Waals surface area contributed by atoms with Crippen molar-refractivity contribution in [1.82, 2.24) is 19.7 Å². The SMILES string of the molecule is BC1(N2CCN(c3cc(C)cc(Nc4ncn(-c5cc(F)cc(F)c5)n4)c3)CC2)COC1. The molecule has 2 saturated heterocycles. The van der Waals surface area contributed by atoms with Crippen molar-refractivity contribution in [1.29, 1.82) is 0 Å². The van der Waals surface area contributed by atoms with E-state index in [-0.39, 0.29) is 11.1 Å². The topological polar surface area (TPSA) is 58.5 Å². The first-order valence-corrected chi connectivity index (χ1v) is 10.7. The van der Waals surface area contributed by atoms with E-state index in [1.165, 1.54) is 23.1 Å². The van der Waals surface area contributed by atoms with Crippen LogP contribution >= 0.6 is 0 Å². The van der Waals surface area contributed by atoms with Crippen molar-refractivity contribution < 1.29 is 13.5 Å². The summed E-state index contributed by atoms with van der Waals surface area (Å²) in [5.74, 6) is -0.964. The molecule has 2 aliphatic heterocycles. The highest BCUT2D eigenvalue weighted by atomic mass is 19.1. The first-order chi connectivity index (χ1) is 15.4. The number of ether oxygens (including phenoxy) is 1. The summed E-state index contributed by atoms with van der Waals surface area (Å²) >= 11 is 0. The number of nitrogens with one attached hydrogen (secondary N) is 1. The molecule has 2 fully saturated rings. The van der Waals surface area contributed by atoms with Crippen LogP contribution in [0.4, 0.5) is 26.1 Å². The molecule has 0 radical (unpaired) electrons. The number of hydrogen-bond acceptors (Lipinski definition) is 6. The number of aromatic nitrogens is 3. The minimum atomic E-state index is -0.660. The van der Waals surface area contributed by atoms with E-state index in [9.17, 15) is 8.78 Å². The molecule has 3 heterocycles. The Morgan fingerprint density at radius 2 is 1.69 bits per heavy atom. The Hall–Kier alpha value is -2.98. The molecule has 3 aromatic rings. The van der Waals surface area contributed by atoms with Crippen LogP contribution in [-0.4, -0.2) is 72.3 Å². The van der Waals surface area contributed by atoms with Gasteiger partial charge in [-0.15, -0.1) is 5.10 Å². The van der Waals surface area contributed by atoms with Crippen LogP contribution < -0.4 is 10.2 Å². The largest absolute Gasteiger partial charge is 0.379 e. The maximum Gasteiger partial charge on any atom is 0.246 e. The van der Waals surface area contributed by atoms with Gasteiger partial charge in [0.2, 0.25) is 5.95 Å². The van der Waals surface area contributed by atoms with E-state index in [0.29, 0.717) is 5.95 Å². The molecule has 10 heteroatoms. The normalized spacial score (nSPS) is 18.4. The number of anilines is 3. The monoisotopic (exact) mass is 438 g/mol. The zero-order chi connectivity index (χ0) is 22.3. The molecule has 1 aromatic heterocycles. The lowest BCUT2D eigenvalue weighted by Crippen LogP contribution is -2.66. The average molecular weight is 438 g/mol. The van der Waals surface area contributed by atoms with E-state index in [1.54, 1.807) is 0 Å². The van der Waals surface area contributed by atoms with Crippen molar-refractivity contribution in [3.05, 3.63) is 59.9 Å². The highest BCUT2D eigenvalue weighted by Gasteiger charge is 2.40. The summed E-state index contributed by atoms with van der Waals surface area (Å²) in [5.41, 5.74) is 3.59. The number of aryl methyl sites for hydroxylation is 1. The van der Waals surface area contributed by atoms with Crippen LogP contribution in [0.2, 0.25) is 0 Å². The Labute approximate surface area is 186 Å². The molecule has 0 bridgehead atoms. The van der Waals surface area contributed by atoms with Gasteiger partial charge < -0.3 is 15.0 Å². The van der Waals surface area contributed by atoms with Crippen LogP contribution in [0.3, 0.4) is 0 Å². The van der Waals surface area contributed by atoms with Gasteiger partial charge in [-0.3, -0.25) is 4.90 Å². The standard InChI is InChI=1S/C22H25BF2N6O/c1-15-6-18(27-21-26-14-31(28-21)20-9-16(24)8-17(25)10-20)11-19(7-15)29-2-4-30(5-3-29)22(23)12-32-13-22/h6-11,14H,2-5,12-13,23H2,1H3,(H,27,28). The molecule has 2 aromatic carbocycles. The molecule has 1 N–H and O–H groups in total. The number of piperazine rings is 1. The Balaban J connectivity index is 1.29. The minimum Gasteiger partial charge on any atom is -0.379 e. The number of rotatable bonds is 5. The predicted octanol–water partition coefficient (Wildman–Crippen LogP) is 2.08. The van der Waals surface area contributed by atoms with Gasteiger partial charge >= 0.3 is 0 Å². The van der Waals surface area contributed by atoms with Crippen LogP contribution in [0, 0.1) is 18.6 Å². The predicted molar refractivity (Wildman–Crippen MR) is 122 cm³/mol. The molecule has 0 aliphatic carbocycles. The second-order valence-corrected chi connectivity index (χ2v) is 8.79. The van der Waals surface area contributed by atoms with E-state index in [0.717, 1.165) is 62.4 Å². The molecule has 5 rings (SSSR count). The van der Waals surface area contributed by atoms with Crippen LogP contribution in [0.25, 0.3) is 5.69 Å². The molecular weight excluding hydrogens is 413 g/mol. The van der Waals surface area contributed by atoms with Gasteiger partial charge in [0, 0.05) is 49.1 Å². The van der Waals surface area contributed by atoms with E-state index < -0.39 is 11.6 Å². The van der Waals surface area contributed by atoms with E-state index >= 15 is 0 Å². The number of hydrogen-bond donors (Lipinski definition) is 1. The second-order valence-electron chi connectivity index (χ2n) is 8.79. The molecule has 0 amide bonds. The fourth-order valence-corrected chi connectivity index (χ4v) is 4.35. The molecule has 0 atom stereocenters. The molecular formula is C22H25BF2N6O. The van der Waals surface area contributed by atoms with Gasteiger partial charge in [-0.2, -0.15) is 4.98 Å². The van der Waals surface area contributed by atoms with Crippen LogP contribution in [0.15, 0.2) is 42.7 Å². The maximum absolute atomic E-state index is 13.5. The van der Waals surface area contributed by atoms with Crippen molar-refractivity contribution in [3.63, 3.8) is 0 Å². The van der Waals surface area contributed by atoms with Crippen LogP contribution in [0.5, 0.6) is 0 Å². The molecule has 0 spiro atoms. The van der Waals surface area contributed by atoms with Gasteiger partial charge in [-0.1, -0.05) is 0 Å². The lowest BCUT2D eigenvalue weighted by atomic mass is 9.74. The fraction of sp³-hybridized carbons (Fsp3) is 0.364. The Morgan fingerprint density at radius 1 is 0.969 bits per heavy atom. The number of halogens is 2. The average Bonchev–Trinajstić information content (AvgIpc) is 3.19. The third-order valence-corrected chi connectivity index (χ3v) is 6.16. The third kappa shape index (κ3) is 4.20. The zero-order valence-electron chi connectivity index (χ0n) is 18.2. The number of benzene rings is 2. The van der Waals surface area contributed by atoms with Crippen molar-refractivity contribution in [2.45, 2.75) is 12.4 Å². The summed E-state index contributed by atoms with van der Waals surface area (Å²) in [6.07, 6.45) is 1.43. The Morgan fingerprint density at radius 3 is 2.34 bits per heavy atom. The van der Waals surface area contributed by atoms with Gasteiger partial charge in [-0.25, -0.2) is 13.5 Å². The Bertz CT molecular complexity index is 1110. The first-order valence-electron chi connectivity index (χ1n) is 10.7. The quantitative estimate of drug-likeness (QED) is 0.616. The van der Waals surface area contributed by atoms with Gasteiger partial charge in [0.05, 0.1) is 18.9 Å².